The lowest BCUT2D eigenvalue weighted by molar-refractivity contribution is -0.0498. The SMILES string of the molecule is COCc1c(C(=O)NCc2cccc(OC(F)F)c2)oc2ccccc12. The lowest BCUT2D eigenvalue weighted by atomic mass is 10.1. The van der Waals surface area contributed by atoms with Gasteiger partial charge in [-0.1, -0.05) is 30.3 Å². The van der Waals surface area contributed by atoms with Crippen molar-refractivity contribution in [3.05, 3.63) is 65.4 Å². The molecule has 2 aromatic carbocycles. The number of halogens is 2. The lowest BCUT2D eigenvalue weighted by Crippen LogP contribution is -2.23. The summed E-state index contributed by atoms with van der Waals surface area (Å²) in [5.41, 5.74) is 1.88. The van der Waals surface area contributed by atoms with Gasteiger partial charge < -0.3 is 19.2 Å². The molecule has 0 atom stereocenters. The van der Waals surface area contributed by atoms with E-state index in [2.05, 4.69) is 10.1 Å². The van der Waals surface area contributed by atoms with Crippen LogP contribution in [0.1, 0.15) is 21.7 Å². The summed E-state index contributed by atoms with van der Waals surface area (Å²) in [7, 11) is 1.54. The molecule has 1 amide bonds. The van der Waals surface area contributed by atoms with Gasteiger partial charge in [-0.3, -0.25) is 4.79 Å². The van der Waals surface area contributed by atoms with E-state index in [0.29, 0.717) is 16.7 Å². The molecule has 3 rings (SSSR count). The topological polar surface area (TPSA) is 60.7 Å². The number of carbonyl (C=O) groups is 1. The molecule has 0 saturated carbocycles. The summed E-state index contributed by atoms with van der Waals surface area (Å²) in [6.07, 6.45) is 0. The molecular formula is C19H17F2NO4. The van der Waals surface area contributed by atoms with Crippen LogP contribution in [0.2, 0.25) is 0 Å². The number of hydrogen-bond donors (Lipinski definition) is 1. The summed E-state index contributed by atoms with van der Waals surface area (Å²) in [5, 5.41) is 3.54. The van der Waals surface area contributed by atoms with Crippen LogP contribution in [-0.4, -0.2) is 19.6 Å². The van der Waals surface area contributed by atoms with E-state index in [9.17, 15) is 13.6 Å². The Hall–Kier alpha value is -2.93. The second-order valence-electron chi connectivity index (χ2n) is 5.55. The standard InChI is InChI=1S/C19H17F2NO4/c1-24-11-15-14-7-2-3-8-16(14)26-17(15)18(23)22-10-12-5-4-6-13(9-12)25-19(20)21/h2-9,19H,10-11H2,1H3,(H,22,23). The Labute approximate surface area is 148 Å². The normalized spacial score (nSPS) is 11.1. The predicted octanol–water partition coefficient (Wildman–Crippen LogP) is 4.11. The van der Waals surface area contributed by atoms with E-state index in [-0.39, 0.29) is 24.7 Å². The Bertz CT molecular complexity index is 907. The first kappa shape index (κ1) is 17.9. The van der Waals surface area contributed by atoms with Crippen molar-refractivity contribution in [1.82, 2.24) is 5.32 Å². The fourth-order valence-corrected chi connectivity index (χ4v) is 2.66. The highest BCUT2D eigenvalue weighted by atomic mass is 19.3. The number of ether oxygens (including phenoxy) is 2. The van der Waals surface area contributed by atoms with E-state index in [1.165, 1.54) is 19.2 Å². The summed E-state index contributed by atoms with van der Waals surface area (Å²) in [6, 6.07) is 13.5. The van der Waals surface area contributed by atoms with Crippen LogP contribution in [0.3, 0.4) is 0 Å². The molecule has 0 aliphatic rings. The zero-order chi connectivity index (χ0) is 18.5. The van der Waals surface area contributed by atoms with Gasteiger partial charge in [0.15, 0.2) is 5.76 Å². The number of furan rings is 1. The highest BCUT2D eigenvalue weighted by Gasteiger charge is 2.20. The zero-order valence-corrected chi connectivity index (χ0v) is 14.0. The highest BCUT2D eigenvalue weighted by Crippen LogP contribution is 2.26. The number of amides is 1. The van der Waals surface area contributed by atoms with Crippen LogP contribution in [0.4, 0.5) is 8.78 Å². The third-order valence-electron chi connectivity index (χ3n) is 3.77. The number of fused-ring (bicyclic) bond motifs is 1. The van der Waals surface area contributed by atoms with Crippen molar-refractivity contribution in [2.75, 3.05) is 7.11 Å². The number of carbonyl (C=O) groups excluding carboxylic acids is 1. The van der Waals surface area contributed by atoms with Gasteiger partial charge in [0.25, 0.3) is 5.91 Å². The molecule has 26 heavy (non-hydrogen) atoms. The number of hydrogen-bond acceptors (Lipinski definition) is 4. The lowest BCUT2D eigenvalue weighted by Gasteiger charge is -2.08. The van der Waals surface area contributed by atoms with Crippen LogP contribution in [0.15, 0.2) is 52.9 Å². The second kappa shape index (κ2) is 7.97. The molecule has 1 aromatic heterocycles. The number of rotatable bonds is 7. The van der Waals surface area contributed by atoms with Gasteiger partial charge in [-0.25, -0.2) is 0 Å². The number of benzene rings is 2. The van der Waals surface area contributed by atoms with E-state index in [1.807, 2.05) is 18.2 Å². The molecule has 0 radical (unpaired) electrons. The predicted molar refractivity (Wildman–Crippen MR) is 91.2 cm³/mol. The van der Waals surface area contributed by atoms with Gasteiger partial charge in [0, 0.05) is 24.6 Å². The van der Waals surface area contributed by atoms with Gasteiger partial charge in [-0.15, -0.1) is 0 Å². The van der Waals surface area contributed by atoms with Crippen molar-refractivity contribution >= 4 is 16.9 Å². The quantitative estimate of drug-likeness (QED) is 0.688. The number of nitrogens with one attached hydrogen (secondary N) is 1. The van der Waals surface area contributed by atoms with Gasteiger partial charge in [0.2, 0.25) is 0 Å². The van der Waals surface area contributed by atoms with Gasteiger partial charge >= 0.3 is 6.61 Å². The zero-order valence-electron chi connectivity index (χ0n) is 14.0. The van der Waals surface area contributed by atoms with Crippen molar-refractivity contribution in [3.63, 3.8) is 0 Å². The first-order valence-corrected chi connectivity index (χ1v) is 7.89. The minimum Gasteiger partial charge on any atom is -0.451 e. The van der Waals surface area contributed by atoms with Crippen LogP contribution in [-0.2, 0) is 17.9 Å². The molecular weight excluding hydrogens is 344 g/mol. The van der Waals surface area contributed by atoms with Gasteiger partial charge in [0.1, 0.15) is 11.3 Å². The first-order valence-electron chi connectivity index (χ1n) is 7.89. The molecule has 0 spiro atoms. The fourth-order valence-electron chi connectivity index (χ4n) is 2.66. The number of alkyl halides is 2. The number of methoxy groups -OCH3 is 1. The minimum atomic E-state index is -2.90. The molecule has 7 heteroatoms. The summed E-state index contributed by atoms with van der Waals surface area (Å²) in [4.78, 5) is 12.5. The first-order chi connectivity index (χ1) is 12.6. The van der Waals surface area contributed by atoms with Crippen LogP contribution < -0.4 is 10.1 Å². The molecule has 0 saturated heterocycles. The average molecular weight is 361 g/mol. The van der Waals surface area contributed by atoms with Crippen molar-refractivity contribution in [1.29, 1.82) is 0 Å². The maximum Gasteiger partial charge on any atom is 0.387 e. The molecule has 1 heterocycles. The van der Waals surface area contributed by atoms with Gasteiger partial charge in [-0.05, 0) is 23.8 Å². The van der Waals surface area contributed by atoms with E-state index in [0.717, 1.165) is 5.39 Å². The maximum absolute atomic E-state index is 12.5. The largest absolute Gasteiger partial charge is 0.451 e. The Morgan fingerprint density at radius 2 is 2.00 bits per heavy atom. The third kappa shape index (κ3) is 4.00. The average Bonchev–Trinajstić information content (AvgIpc) is 2.99. The summed E-state index contributed by atoms with van der Waals surface area (Å²) in [6.45, 7) is -2.52. The van der Waals surface area contributed by atoms with Crippen molar-refractivity contribution in [2.45, 2.75) is 19.8 Å². The van der Waals surface area contributed by atoms with E-state index in [4.69, 9.17) is 9.15 Å². The Morgan fingerprint density at radius 1 is 1.19 bits per heavy atom. The fraction of sp³-hybridized carbons (Fsp3) is 0.211. The molecule has 1 N–H and O–H groups in total. The minimum absolute atomic E-state index is 0.0376. The van der Waals surface area contributed by atoms with E-state index >= 15 is 0 Å². The highest BCUT2D eigenvalue weighted by molar-refractivity contribution is 5.99. The summed E-state index contributed by atoms with van der Waals surface area (Å²) < 4.78 is 39.8. The smallest absolute Gasteiger partial charge is 0.387 e. The van der Waals surface area contributed by atoms with E-state index < -0.39 is 12.5 Å². The van der Waals surface area contributed by atoms with E-state index in [1.54, 1.807) is 18.2 Å². The van der Waals surface area contributed by atoms with Crippen LogP contribution in [0, 0.1) is 0 Å². The monoisotopic (exact) mass is 361 g/mol. The maximum atomic E-state index is 12.5. The van der Waals surface area contributed by atoms with Crippen LogP contribution in [0.5, 0.6) is 5.75 Å². The molecule has 0 aliphatic carbocycles. The molecule has 0 bridgehead atoms. The Balaban J connectivity index is 1.76. The van der Waals surface area contributed by atoms with Gasteiger partial charge in [0.05, 0.1) is 6.61 Å². The molecule has 3 aromatic rings. The molecule has 5 nitrogen and oxygen atoms in total. The van der Waals surface area contributed by atoms with Crippen LogP contribution in [0.25, 0.3) is 11.0 Å². The molecule has 0 aliphatic heterocycles. The second-order valence-corrected chi connectivity index (χ2v) is 5.55. The number of para-hydroxylation sites is 1. The van der Waals surface area contributed by atoms with Crippen molar-refractivity contribution in [3.8, 4) is 5.75 Å². The molecule has 136 valence electrons. The Kier molecular flexibility index (Phi) is 5.48. The molecule has 0 unspecified atom stereocenters. The van der Waals surface area contributed by atoms with Crippen molar-refractivity contribution in [2.24, 2.45) is 0 Å². The van der Waals surface area contributed by atoms with Gasteiger partial charge in [-0.2, -0.15) is 8.78 Å². The summed E-state index contributed by atoms with van der Waals surface area (Å²) in [5.74, 6) is -0.197. The third-order valence-corrected chi connectivity index (χ3v) is 3.77. The molecule has 0 fully saturated rings. The summed E-state index contributed by atoms with van der Waals surface area (Å²) >= 11 is 0. The van der Waals surface area contributed by atoms with Crippen LogP contribution >= 0.6 is 0 Å². The van der Waals surface area contributed by atoms with Crippen molar-refractivity contribution < 1.29 is 27.5 Å². The Morgan fingerprint density at radius 3 is 2.77 bits per heavy atom.